The number of esters is 1. The molecule has 2 aliphatic rings. The van der Waals surface area contributed by atoms with Gasteiger partial charge >= 0.3 is 5.97 Å². The van der Waals surface area contributed by atoms with Crippen molar-refractivity contribution >= 4 is 17.6 Å². The minimum atomic E-state index is -0.337. The first-order chi connectivity index (χ1) is 15.5. The molecule has 1 amide bonds. The van der Waals surface area contributed by atoms with Gasteiger partial charge in [-0.05, 0) is 75.1 Å². The van der Waals surface area contributed by atoms with Crippen LogP contribution >= 0.6 is 0 Å². The standard InChI is InChI=1S/C27H27NO4/c1-18-7-6-8-20(11-16-24-19(2)27(30)32-25(24)17-18)26(29)28-21-12-14-23(15-13-21)31-22-9-4-3-5-10-22/h3-5,8-10,12-15,17,24-25H,2,6-7,11,16H2,1H3,(H,28,29)/t24-,25+/m0/s1. The molecule has 1 fully saturated rings. The molecule has 2 aromatic rings. The molecule has 0 aromatic heterocycles. The number of benzene rings is 2. The van der Waals surface area contributed by atoms with Gasteiger partial charge in [-0.1, -0.05) is 36.4 Å². The highest BCUT2D eigenvalue weighted by molar-refractivity contribution is 6.03. The number of carbonyl (C=O) groups is 2. The quantitative estimate of drug-likeness (QED) is 0.370. The van der Waals surface area contributed by atoms with Crippen LogP contribution in [0.5, 0.6) is 11.5 Å². The van der Waals surface area contributed by atoms with E-state index in [4.69, 9.17) is 9.47 Å². The van der Waals surface area contributed by atoms with E-state index < -0.39 is 0 Å². The van der Waals surface area contributed by atoms with Gasteiger partial charge in [-0.15, -0.1) is 0 Å². The van der Waals surface area contributed by atoms with Crippen LogP contribution in [0.25, 0.3) is 0 Å². The van der Waals surface area contributed by atoms with E-state index in [0.29, 0.717) is 29.9 Å². The molecule has 0 unspecified atom stereocenters. The Bertz CT molecular complexity index is 1070. The first-order valence-corrected chi connectivity index (χ1v) is 10.9. The molecule has 1 aliphatic carbocycles. The van der Waals surface area contributed by atoms with Gasteiger partial charge in [0.2, 0.25) is 0 Å². The molecular weight excluding hydrogens is 402 g/mol. The van der Waals surface area contributed by atoms with Gasteiger partial charge in [0.1, 0.15) is 17.6 Å². The largest absolute Gasteiger partial charge is 0.457 e. The Morgan fingerprint density at radius 3 is 2.53 bits per heavy atom. The number of hydrogen-bond acceptors (Lipinski definition) is 4. The molecular formula is C27H27NO4. The molecule has 2 aromatic carbocycles. The smallest absolute Gasteiger partial charge is 0.334 e. The molecule has 1 heterocycles. The summed E-state index contributed by atoms with van der Waals surface area (Å²) in [5.74, 6) is 0.896. The third-order valence-corrected chi connectivity index (χ3v) is 5.84. The number of para-hydroxylation sites is 1. The molecule has 0 radical (unpaired) electrons. The minimum absolute atomic E-state index is 0.0961. The number of anilines is 1. The van der Waals surface area contributed by atoms with Crippen LogP contribution in [-0.2, 0) is 14.3 Å². The fourth-order valence-electron chi connectivity index (χ4n) is 4.02. The van der Waals surface area contributed by atoms with Gasteiger partial charge in [0, 0.05) is 22.8 Å². The molecule has 2 atom stereocenters. The van der Waals surface area contributed by atoms with Crippen molar-refractivity contribution in [3.8, 4) is 11.5 Å². The van der Waals surface area contributed by atoms with Crippen LogP contribution in [-0.4, -0.2) is 18.0 Å². The van der Waals surface area contributed by atoms with E-state index >= 15 is 0 Å². The van der Waals surface area contributed by atoms with Crippen molar-refractivity contribution in [2.24, 2.45) is 5.92 Å². The lowest BCUT2D eigenvalue weighted by molar-refractivity contribution is -0.137. The Hall–Kier alpha value is -3.60. The SMILES string of the molecule is C=C1C(=O)O[C@@H]2C=C(C)CCC=C(C(=O)Nc3ccc(Oc4ccccc4)cc3)CC[C@@H]12. The first kappa shape index (κ1) is 21.6. The van der Waals surface area contributed by atoms with Gasteiger partial charge in [-0.3, -0.25) is 4.79 Å². The third-order valence-electron chi connectivity index (χ3n) is 5.84. The van der Waals surface area contributed by atoms with Crippen LogP contribution in [0.4, 0.5) is 5.69 Å². The Labute approximate surface area is 188 Å². The van der Waals surface area contributed by atoms with Crippen LogP contribution in [0.3, 0.4) is 0 Å². The zero-order valence-electron chi connectivity index (χ0n) is 18.2. The van der Waals surface area contributed by atoms with E-state index in [1.807, 2.05) is 73.7 Å². The average molecular weight is 430 g/mol. The summed E-state index contributed by atoms with van der Waals surface area (Å²) in [6.07, 6.45) is 6.53. The van der Waals surface area contributed by atoms with Gasteiger partial charge in [0.25, 0.3) is 5.91 Å². The van der Waals surface area contributed by atoms with Crippen LogP contribution in [0.2, 0.25) is 0 Å². The first-order valence-electron chi connectivity index (χ1n) is 10.9. The molecule has 0 spiro atoms. The topological polar surface area (TPSA) is 64.6 Å². The molecule has 5 nitrogen and oxygen atoms in total. The predicted molar refractivity (Wildman–Crippen MR) is 124 cm³/mol. The van der Waals surface area contributed by atoms with Crippen LogP contribution in [0.1, 0.15) is 32.6 Å². The number of amides is 1. The Balaban J connectivity index is 1.42. The second-order valence-corrected chi connectivity index (χ2v) is 8.22. The monoisotopic (exact) mass is 429 g/mol. The normalized spacial score (nSPS) is 21.0. The van der Waals surface area contributed by atoms with Crippen LogP contribution in [0.15, 0.2) is 90.0 Å². The van der Waals surface area contributed by atoms with Gasteiger partial charge in [0.15, 0.2) is 0 Å². The lowest BCUT2D eigenvalue weighted by Crippen LogP contribution is -2.19. The molecule has 164 valence electrons. The maximum atomic E-state index is 13.0. The molecule has 0 bridgehead atoms. The Morgan fingerprint density at radius 1 is 1.06 bits per heavy atom. The summed E-state index contributed by atoms with van der Waals surface area (Å²) in [4.78, 5) is 25.0. The summed E-state index contributed by atoms with van der Waals surface area (Å²) in [5.41, 5.74) is 3.06. The summed E-state index contributed by atoms with van der Waals surface area (Å²) >= 11 is 0. The molecule has 1 N–H and O–H groups in total. The molecule has 4 rings (SSSR count). The summed E-state index contributed by atoms with van der Waals surface area (Å²) < 4.78 is 11.3. The third kappa shape index (κ3) is 5.17. The van der Waals surface area contributed by atoms with Crippen molar-refractivity contribution in [1.29, 1.82) is 0 Å². The number of nitrogens with one attached hydrogen (secondary N) is 1. The van der Waals surface area contributed by atoms with E-state index in [-0.39, 0.29) is 23.9 Å². The number of fused-ring (bicyclic) bond motifs is 1. The van der Waals surface area contributed by atoms with Crippen molar-refractivity contribution in [2.75, 3.05) is 5.32 Å². The van der Waals surface area contributed by atoms with Crippen LogP contribution < -0.4 is 10.1 Å². The van der Waals surface area contributed by atoms with E-state index in [2.05, 4.69) is 11.9 Å². The van der Waals surface area contributed by atoms with Crippen molar-refractivity contribution in [2.45, 2.75) is 38.7 Å². The highest BCUT2D eigenvalue weighted by Crippen LogP contribution is 2.34. The van der Waals surface area contributed by atoms with E-state index in [1.165, 1.54) is 0 Å². The number of allylic oxidation sites excluding steroid dienone is 2. The van der Waals surface area contributed by atoms with Gasteiger partial charge in [-0.25, -0.2) is 4.79 Å². The molecule has 1 saturated heterocycles. The number of ether oxygens (including phenoxy) is 2. The van der Waals surface area contributed by atoms with Gasteiger partial charge < -0.3 is 14.8 Å². The molecule has 5 heteroatoms. The van der Waals surface area contributed by atoms with Crippen molar-refractivity contribution < 1.29 is 19.1 Å². The lowest BCUT2D eigenvalue weighted by Gasteiger charge is -2.18. The van der Waals surface area contributed by atoms with Gasteiger partial charge in [0.05, 0.1) is 0 Å². The van der Waals surface area contributed by atoms with Crippen molar-refractivity contribution in [3.63, 3.8) is 0 Å². The minimum Gasteiger partial charge on any atom is -0.457 e. The zero-order chi connectivity index (χ0) is 22.5. The maximum Gasteiger partial charge on any atom is 0.334 e. The number of carbonyl (C=O) groups excluding carboxylic acids is 2. The fraction of sp³-hybridized carbons (Fsp3) is 0.259. The molecule has 32 heavy (non-hydrogen) atoms. The number of rotatable bonds is 4. The molecule has 0 saturated carbocycles. The Morgan fingerprint density at radius 2 is 1.78 bits per heavy atom. The predicted octanol–water partition coefficient (Wildman–Crippen LogP) is 5.96. The second-order valence-electron chi connectivity index (χ2n) is 8.22. The fourth-order valence-corrected chi connectivity index (χ4v) is 4.02. The summed E-state index contributed by atoms with van der Waals surface area (Å²) in [6.45, 7) is 5.94. The highest BCUT2D eigenvalue weighted by atomic mass is 16.6. The number of hydrogen-bond donors (Lipinski definition) is 1. The van der Waals surface area contributed by atoms with Crippen LogP contribution in [0, 0.1) is 5.92 Å². The molecule has 1 aliphatic heterocycles. The van der Waals surface area contributed by atoms with E-state index in [0.717, 1.165) is 29.7 Å². The van der Waals surface area contributed by atoms with Gasteiger partial charge in [-0.2, -0.15) is 0 Å². The van der Waals surface area contributed by atoms with Crippen molar-refractivity contribution in [1.82, 2.24) is 0 Å². The lowest BCUT2D eigenvalue weighted by atomic mass is 9.87. The summed E-state index contributed by atoms with van der Waals surface area (Å²) in [7, 11) is 0. The second kappa shape index (κ2) is 9.69. The Kier molecular flexibility index (Phi) is 6.55. The average Bonchev–Trinajstić information content (AvgIpc) is 3.05. The summed E-state index contributed by atoms with van der Waals surface area (Å²) in [5, 5.41) is 2.98. The highest BCUT2D eigenvalue weighted by Gasteiger charge is 2.37. The van der Waals surface area contributed by atoms with Crippen molar-refractivity contribution in [3.05, 3.63) is 90.0 Å². The maximum absolute atomic E-state index is 13.0. The van der Waals surface area contributed by atoms with E-state index in [9.17, 15) is 9.59 Å². The zero-order valence-corrected chi connectivity index (χ0v) is 18.2. The van der Waals surface area contributed by atoms with E-state index in [1.54, 1.807) is 0 Å². The summed E-state index contributed by atoms with van der Waals surface area (Å²) in [6, 6.07) is 16.9.